The first-order valence-electron chi connectivity index (χ1n) is 5.36. The van der Waals surface area contributed by atoms with Crippen molar-refractivity contribution in [1.82, 2.24) is 15.4 Å². The highest BCUT2D eigenvalue weighted by molar-refractivity contribution is 7.91. The Bertz CT molecular complexity index is 550. The summed E-state index contributed by atoms with van der Waals surface area (Å²) in [6.07, 6.45) is -2.64. The molecule has 0 saturated heterocycles. The van der Waals surface area contributed by atoms with Crippen molar-refractivity contribution < 1.29 is 22.0 Å². The van der Waals surface area contributed by atoms with E-state index in [0.29, 0.717) is 4.34 Å². The van der Waals surface area contributed by atoms with Gasteiger partial charge in [-0.15, -0.1) is 11.3 Å². The van der Waals surface area contributed by atoms with Crippen LogP contribution in [0.3, 0.4) is 0 Å². The highest BCUT2D eigenvalue weighted by Crippen LogP contribution is 2.24. The van der Waals surface area contributed by atoms with Crippen molar-refractivity contribution in [2.45, 2.75) is 10.6 Å². The smallest absolute Gasteiger partial charge is 0.315 e. The number of sulfonamides is 1. The van der Waals surface area contributed by atoms with Gasteiger partial charge in [-0.3, -0.25) is 0 Å². The molecule has 1 aromatic heterocycles. The van der Waals surface area contributed by atoms with Gasteiger partial charge in [0.15, 0.2) is 0 Å². The summed E-state index contributed by atoms with van der Waals surface area (Å²) in [5.41, 5.74) is 0. The number of thiophene rings is 1. The molecule has 0 unspecified atom stereocenters. The van der Waals surface area contributed by atoms with Crippen LogP contribution < -0.4 is 15.4 Å². The van der Waals surface area contributed by atoms with Crippen LogP contribution in [0.1, 0.15) is 0 Å². The summed E-state index contributed by atoms with van der Waals surface area (Å²) >= 11 is 6.53. The molecule has 0 fully saturated rings. The normalized spacial score (nSPS) is 11.6. The highest BCUT2D eigenvalue weighted by Gasteiger charge is 2.15. The molecule has 0 aromatic carbocycles. The lowest BCUT2D eigenvalue weighted by atomic mass is 10.6. The standard InChI is InChI=1S/C9H12ClF2N3O3S2/c10-6-1-2-8(19-6)20(17,18)15-4-3-13-9(16)14-5-7(11)12/h1-2,7,15H,3-5H2,(H2,13,14,16). The monoisotopic (exact) mass is 347 g/mol. The van der Waals surface area contributed by atoms with E-state index in [9.17, 15) is 22.0 Å². The topological polar surface area (TPSA) is 87.3 Å². The predicted molar refractivity (Wildman–Crippen MR) is 71.9 cm³/mol. The van der Waals surface area contributed by atoms with Gasteiger partial charge in [0.1, 0.15) is 4.21 Å². The average Bonchev–Trinajstić information content (AvgIpc) is 2.79. The van der Waals surface area contributed by atoms with Crippen LogP contribution in [0.4, 0.5) is 13.6 Å². The van der Waals surface area contributed by atoms with Crippen molar-refractivity contribution in [3.05, 3.63) is 16.5 Å². The maximum atomic E-state index is 11.8. The van der Waals surface area contributed by atoms with Gasteiger partial charge in [-0.05, 0) is 12.1 Å². The molecule has 0 radical (unpaired) electrons. The summed E-state index contributed by atoms with van der Waals surface area (Å²) in [5, 5.41) is 4.16. The molecule has 11 heteroatoms. The highest BCUT2D eigenvalue weighted by atomic mass is 35.5. The Morgan fingerprint density at radius 3 is 2.55 bits per heavy atom. The molecule has 0 aliphatic heterocycles. The van der Waals surface area contributed by atoms with Crippen LogP contribution in [0, 0.1) is 0 Å². The number of halogens is 3. The minimum Gasteiger partial charge on any atom is -0.337 e. The Morgan fingerprint density at radius 2 is 2.00 bits per heavy atom. The van der Waals surface area contributed by atoms with Crippen molar-refractivity contribution in [3.63, 3.8) is 0 Å². The predicted octanol–water partition coefficient (Wildman–Crippen LogP) is 1.24. The van der Waals surface area contributed by atoms with Gasteiger partial charge in [0, 0.05) is 13.1 Å². The van der Waals surface area contributed by atoms with Gasteiger partial charge in [0.05, 0.1) is 10.9 Å². The SMILES string of the molecule is O=C(NCCNS(=O)(=O)c1ccc(Cl)s1)NCC(F)F. The zero-order valence-electron chi connectivity index (χ0n) is 10.0. The van der Waals surface area contributed by atoms with Crippen molar-refractivity contribution in [2.75, 3.05) is 19.6 Å². The Morgan fingerprint density at radius 1 is 1.30 bits per heavy atom. The van der Waals surface area contributed by atoms with E-state index in [1.165, 1.54) is 12.1 Å². The third-order valence-corrected chi connectivity index (χ3v) is 5.12. The Balaban J connectivity index is 2.29. The molecule has 20 heavy (non-hydrogen) atoms. The molecule has 0 atom stereocenters. The first-order chi connectivity index (χ1) is 9.31. The van der Waals surface area contributed by atoms with E-state index in [0.717, 1.165) is 11.3 Å². The Labute approximate surface area is 123 Å². The number of hydrogen-bond acceptors (Lipinski definition) is 4. The molecule has 0 bridgehead atoms. The van der Waals surface area contributed by atoms with Crippen LogP contribution in [-0.4, -0.2) is 40.5 Å². The van der Waals surface area contributed by atoms with E-state index in [2.05, 4.69) is 10.0 Å². The van der Waals surface area contributed by atoms with Crippen LogP contribution in [0.2, 0.25) is 4.34 Å². The number of rotatable bonds is 7. The molecule has 1 heterocycles. The molecular formula is C9H12ClF2N3O3S2. The van der Waals surface area contributed by atoms with E-state index in [-0.39, 0.29) is 17.3 Å². The fourth-order valence-corrected chi connectivity index (χ4v) is 3.67. The van der Waals surface area contributed by atoms with E-state index >= 15 is 0 Å². The van der Waals surface area contributed by atoms with Crippen LogP contribution in [0.5, 0.6) is 0 Å². The lowest BCUT2D eigenvalue weighted by molar-refractivity contribution is 0.146. The summed E-state index contributed by atoms with van der Waals surface area (Å²) in [6, 6.07) is 2.03. The van der Waals surface area contributed by atoms with Gasteiger partial charge >= 0.3 is 6.03 Å². The van der Waals surface area contributed by atoms with Crippen molar-refractivity contribution in [1.29, 1.82) is 0 Å². The van der Waals surface area contributed by atoms with Crippen LogP contribution in [-0.2, 0) is 10.0 Å². The second-order valence-corrected chi connectivity index (χ2v) is 7.19. The molecule has 0 spiro atoms. The number of amides is 2. The molecule has 6 nitrogen and oxygen atoms in total. The molecule has 0 aliphatic rings. The minimum atomic E-state index is -3.67. The van der Waals surface area contributed by atoms with Gasteiger partial charge in [-0.25, -0.2) is 26.7 Å². The minimum absolute atomic E-state index is 0.0343. The number of alkyl halides is 2. The molecule has 114 valence electrons. The quantitative estimate of drug-likeness (QED) is 0.649. The van der Waals surface area contributed by atoms with Crippen molar-refractivity contribution >= 4 is 39.0 Å². The first-order valence-corrected chi connectivity index (χ1v) is 8.04. The summed E-state index contributed by atoms with van der Waals surface area (Å²) in [6.45, 7) is -0.862. The van der Waals surface area contributed by atoms with E-state index in [4.69, 9.17) is 11.6 Å². The molecule has 1 aromatic rings. The van der Waals surface area contributed by atoms with Crippen LogP contribution in [0.15, 0.2) is 16.3 Å². The number of carbonyl (C=O) groups excluding carboxylic acids is 1. The fourth-order valence-electron chi connectivity index (χ4n) is 1.11. The maximum absolute atomic E-state index is 11.8. The van der Waals surface area contributed by atoms with Crippen molar-refractivity contribution in [2.24, 2.45) is 0 Å². The van der Waals surface area contributed by atoms with Crippen molar-refractivity contribution in [3.8, 4) is 0 Å². The molecule has 0 saturated carbocycles. The molecular weight excluding hydrogens is 336 g/mol. The van der Waals surface area contributed by atoms with Gasteiger partial charge in [-0.1, -0.05) is 11.6 Å². The molecule has 3 N–H and O–H groups in total. The third kappa shape index (κ3) is 5.99. The Kier molecular flexibility index (Phi) is 6.59. The van der Waals surface area contributed by atoms with E-state index in [1.54, 1.807) is 0 Å². The van der Waals surface area contributed by atoms with Gasteiger partial charge in [-0.2, -0.15) is 0 Å². The number of urea groups is 1. The lowest BCUT2D eigenvalue weighted by Crippen LogP contribution is -2.41. The van der Waals surface area contributed by atoms with E-state index in [1.807, 2.05) is 5.32 Å². The molecule has 0 aliphatic carbocycles. The zero-order valence-corrected chi connectivity index (χ0v) is 12.4. The van der Waals surface area contributed by atoms with Gasteiger partial charge in [0.25, 0.3) is 6.43 Å². The number of nitrogens with one attached hydrogen (secondary N) is 3. The first kappa shape index (κ1) is 17.1. The second-order valence-electron chi connectivity index (χ2n) is 3.48. The second kappa shape index (κ2) is 7.72. The lowest BCUT2D eigenvalue weighted by Gasteiger charge is -2.08. The van der Waals surface area contributed by atoms with E-state index < -0.39 is 29.0 Å². The average molecular weight is 348 g/mol. The van der Waals surface area contributed by atoms with Crippen LogP contribution in [0.25, 0.3) is 0 Å². The van der Waals surface area contributed by atoms with Gasteiger partial charge in [0.2, 0.25) is 10.0 Å². The zero-order chi connectivity index (χ0) is 15.2. The van der Waals surface area contributed by atoms with Gasteiger partial charge < -0.3 is 10.6 Å². The molecule has 1 rings (SSSR count). The maximum Gasteiger partial charge on any atom is 0.315 e. The largest absolute Gasteiger partial charge is 0.337 e. The summed E-state index contributed by atoms with van der Waals surface area (Å²) < 4.78 is 49.7. The third-order valence-electron chi connectivity index (χ3n) is 1.93. The van der Waals surface area contributed by atoms with Crippen LogP contribution >= 0.6 is 22.9 Å². The number of carbonyl (C=O) groups is 1. The number of hydrogen-bond donors (Lipinski definition) is 3. The molecule has 2 amide bonds. The summed E-state index contributed by atoms with van der Waals surface area (Å²) in [7, 11) is -3.67. The fraction of sp³-hybridized carbons (Fsp3) is 0.444. The summed E-state index contributed by atoms with van der Waals surface area (Å²) in [4.78, 5) is 11.0. The Hall–Kier alpha value is -0.970. The summed E-state index contributed by atoms with van der Waals surface area (Å²) in [5.74, 6) is 0.